The first kappa shape index (κ1) is 21.7. The molecule has 0 saturated carbocycles. The number of aryl methyl sites for hydroxylation is 1. The van der Waals surface area contributed by atoms with Gasteiger partial charge in [0, 0.05) is 11.6 Å². The third-order valence-corrected chi connectivity index (χ3v) is 6.09. The average Bonchev–Trinajstić information content (AvgIpc) is 2.69. The molecule has 2 aromatic carbocycles. The molecule has 3 aromatic rings. The fourth-order valence-electron chi connectivity index (χ4n) is 2.65. The molecule has 1 N–H and O–H groups in total. The molecular formula is C20H16Cl3N3O2S. The van der Waals surface area contributed by atoms with Gasteiger partial charge in [-0.15, -0.1) is 6.58 Å². The minimum atomic E-state index is -0.324. The molecule has 29 heavy (non-hydrogen) atoms. The van der Waals surface area contributed by atoms with Gasteiger partial charge in [-0.1, -0.05) is 58.7 Å². The van der Waals surface area contributed by atoms with E-state index >= 15 is 0 Å². The Balaban J connectivity index is 1.87. The van der Waals surface area contributed by atoms with E-state index in [0.29, 0.717) is 36.8 Å². The first-order valence-corrected chi connectivity index (χ1v) is 10.6. The maximum absolute atomic E-state index is 12.8. The Morgan fingerprint density at radius 1 is 1.28 bits per heavy atom. The number of carbonyl (C=O) groups excluding carboxylic acids is 1. The summed E-state index contributed by atoms with van der Waals surface area (Å²) in [5.74, 6) is -0.314. The van der Waals surface area contributed by atoms with Crippen molar-refractivity contribution in [1.29, 1.82) is 0 Å². The van der Waals surface area contributed by atoms with Crippen molar-refractivity contribution in [3.05, 3.63) is 74.0 Å². The Morgan fingerprint density at radius 2 is 2.03 bits per heavy atom. The SMILES string of the molecule is C=CCn1c(SCC(=O)Nc2c(Cl)ccc(C)c2Cl)nc2cc(Cl)ccc2c1=O. The van der Waals surface area contributed by atoms with Crippen LogP contribution in [0, 0.1) is 6.92 Å². The zero-order valence-corrected chi connectivity index (χ0v) is 18.4. The highest BCUT2D eigenvalue weighted by Crippen LogP contribution is 2.33. The van der Waals surface area contributed by atoms with Gasteiger partial charge in [0.1, 0.15) is 0 Å². The molecule has 0 bridgehead atoms. The summed E-state index contributed by atoms with van der Waals surface area (Å²) < 4.78 is 1.47. The van der Waals surface area contributed by atoms with Crippen molar-refractivity contribution in [1.82, 2.24) is 9.55 Å². The summed E-state index contributed by atoms with van der Waals surface area (Å²) in [5, 5.41) is 4.77. The summed E-state index contributed by atoms with van der Waals surface area (Å²) in [7, 11) is 0. The molecule has 0 aliphatic rings. The molecular weight excluding hydrogens is 453 g/mol. The Hall–Kier alpha value is -1.99. The molecule has 0 aliphatic heterocycles. The fraction of sp³-hybridized carbons (Fsp3) is 0.150. The predicted molar refractivity (Wildman–Crippen MR) is 122 cm³/mol. The largest absolute Gasteiger partial charge is 0.323 e. The second kappa shape index (κ2) is 9.22. The average molecular weight is 469 g/mol. The van der Waals surface area contributed by atoms with Gasteiger partial charge in [0.2, 0.25) is 5.91 Å². The summed E-state index contributed by atoms with van der Waals surface area (Å²) in [6.07, 6.45) is 1.60. The van der Waals surface area contributed by atoms with Crippen LogP contribution in [0.25, 0.3) is 10.9 Å². The van der Waals surface area contributed by atoms with Crippen LogP contribution in [0.1, 0.15) is 5.56 Å². The summed E-state index contributed by atoms with van der Waals surface area (Å²) in [6, 6.07) is 8.33. The van der Waals surface area contributed by atoms with Crippen LogP contribution in [-0.4, -0.2) is 21.2 Å². The molecule has 0 atom stereocenters. The fourth-order valence-corrected chi connectivity index (χ4v) is 4.09. The standard InChI is InChI=1S/C20H16Cl3N3O2S/c1-3-8-26-19(28)13-6-5-12(21)9-15(13)24-20(26)29-10-16(27)25-18-14(22)7-4-11(2)17(18)23/h3-7,9H,1,8,10H2,2H3,(H,25,27). The molecule has 9 heteroatoms. The quantitative estimate of drug-likeness (QED) is 0.291. The summed E-state index contributed by atoms with van der Waals surface area (Å²) in [6.45, 7) is 5.77. The van der Waals surface area contributed by atoms with Crippen LogP contribution in [0.15, 0.2) is 52.9 Å². The van der Waals surface area contributed by atoms with Crippen LogP contribution in [0.2, 0.25) is 15.1 Å². The number of anilines is 1. The van der Waals surface area contributed by atoms with E-state index < -0.39 is 0 Å². The molecule has 3 rings (SSSR count). The lowest BCUT2D eigenvalue weighted by Gasteiger charge is -2.13. The second-order valence-electron chi connectivity index (χ2n) is 6.15. The molecule has 0 spiro atoms. The van der Waals surface area contributed by atoms with Gasteiger partial charge in [-0.2, -0.15) is 0 Å². The molecule has 1 aromatic heterocycles. The van der Waals surface area contributed by atoms with Crippen molar-refractivity contribution < 1.29 is 4.79 Å². The third-order valence-electron chi connectivity index (χ3n) is 4.07. The molecule has 1 heterocycles. The molecule has 0 aliphatic carbocycles. The number of carbonyl (C=O) groups is 1. The smallest absolute Gasteiger partial charge is 0.262 e. The van der Waals surface area contributed by atoms with Crippen LogP contribution in [0.4, 0.5) is 5.69 Å². The van der Waals surface area contributed by atoms with Gasteiger partial charge in [0.05, 0.1) is 32.4 Å². The van der Waals surface area contributed by atoms with E-state index in [1.807, 2.05) is 6.92 Å². The minimum absolute atomic E-state index is 0.0102. The van der Waals surface area contributed by atoms with Gasteiger partial charge < -0.3 is 5.32 Å². The van der Waals surface area contributed by atoms with Gasteiger partial charge in [0.25, 0.3) is 5.56 Å². The lowest BCUT2D eigenvalue weighted by atomic mass is 10.2. The monoisotopic (exact) mass is 467 g/mol. The third kappa shape index (κ3) is 4.78. The number of halogens is 3. The van der Waals surface area contributed by atoms with E-state index in [9.17, 15) is 9.59 Å². The Morgan fingerprint density at radius 3 is 2.76 bits per heavy atom. The second-order valence-corrected chi connectivity index (χ2v) is 8.31. The highest BCUT2D eigenvalue weighted by atomic mass is 35.5. The number of hydrogen-bond acceptors (Lipinski definition) is 4. The van der Waals surface area contributed by atoms with E-state index in [0.717, 1.165) is 17.3 Å². The van der Waals surface area contributed by atoms with Crippen LogP contribution in [-0.2, 0) is 11.3 Å². The number of amides is 1. The Kier molecular flexibility index (Phi) is 6.90. The first-order valence-electron chi connectivity index (χ1n) is 8.50. The maximum atomic E-state index is 12.8. The van der Waals surface area contributed by atoms with Crippen molar-refractivity contribution in [2.24, 2.45) is 0 Å². The van der Waals surface area contributed by atoms with Crippen molar-refractivity contribution in [2.45, 2.75) is 18.6 Å². The maximum Gasteiger partial charge on any atom is 0.262 e. The van der Waals surface area contributed by atoms with Gasteiger partial charge in [-0.05, 0) is 36.8 Å². The van der Waals surface area contributed by atoms with Crippen LogP contribution in [0.3, 0.4) is 0 Å². The summed E-state index contributed by atoms with van der Waals surface area (Å²) in [4.78, 5) is 29.8. The number of thioether (sulfide) groups is 1. The van der Waals surface area contributed by atoms with Crippen LogP contribution < -0.4 is 10.9 Å². The molecule has 1 amide bonds. The number of rotatable bonds is 6. The van der Waals surface area contributed by atoms with E-state index in [-0.39, 0.29) is 23.8 Å². The van der Waals surface area contributed by atoms with E-state index in [1.165, 1.54) is 4.57 Å². The molecule has 0 fully saturated rings. The molecule has 0 saturated heterocycles. The highest BCUT2D eigenvalue weighted by molar-refractivity contribution is 7.99. The Bertz CT molecular complexity index is 1180. The topological polar surface area (TPSA) is 64.0 Å². The zero-order chi connectivity index (χ0) is 21.1. The number of allylic oxidation sites excluding steroid dienone is 1. The normalized spacial score (nSPS) is 10.9. The van der Waals surface area contributed by atoms with Crippen molar-refractivity contribution in [2.75, 3.05) is 11.1 Å². The van der Waals surface area contributed by atoms with Crippen molar-refractivity contribution in [3.8, 4) is 0 Å². The lowest BCUT2D eigenvalue weighted by Crippen LogP contribution is -2.24. The van der Waals surface area contributed by atoms with Crippen LogP contribution >= 0.6 is 46.6 Å². The minimum Gasteiger partial charge on any atom is -0.323 e. The van der Waals surface area contributed by atoms with E-state index in [4.69, 9.17) is 34.8 Å². The van der Waals surface area contributed by atoms with Gasteiger partial charge in [-0.3, -0.25) is 14.2 Å². The number of nitrogens with one attached hydrogen (secondary N) is 1. The van der Waals surface area contributed by atoms with Gasteiger partial charge in [0.15, 0.2) is 5.16 Å². The molecule has 0 unspecified atom stereocenters. The highest BCUT2D eigenvalue weighted by Gasteiger charge is 2.15. The van der Waals surface area contributed by atoms with Crippen molar-refractivity contribution >= 4 is 69.1 Å². The Labute approximate surface area is 186 Å². The predicted octanol–water partition coefficient (Wildman–Crippen LogP) is 5.58. The van der Waals surface area contributed by atoms with E-state index in [1.54, 1.807) is 36.4 Å². The summed E-state index contributed by atoms with van der Waals surface area (Å²) >= 11 is 19.5. The molecule has 5 nitrogen and oxygen atoms in total. The first-order chi connectivity index (χ1) is 13.8. The number of aromatic nitrogens is 2. The molecule has 150 valence electrons. The van der Waals surface area contributed by atoms with Crippen LogP contribution in [0.5, 0.6) is 0 Å². The van der Waals surface area contributed by atoms with Gasteiger partial charge >= 0.3 is 0 Å². The number of nitrogens with zero attached hydrogens (tertiary/aromatic N) is 2. The van der Waals surface area contributed by atoms with Crippen molar-refractivity contribution in [3.63, 3.8) is 0 Å². The number of fused-ring (bicyclic) bond motifs is 1. The number of hydrogen-bond donors (Lipinski definition) is 1. The zero-order valence-electron chi connectivity index (χ0n) is 15.3. The summed E-state index contributed by atoms with van der Waals surface area (Å²) in [5.41, 5.74) is 1.40. The molecule has 0 radical (unpaired) electrons. The number of benzene rings is 2. The lowest BCUT2D eigenvalue weighted by molar-refractivity contribution is -0.113. The van der Waals surface area contributed by atoms with Gasteiger partial charge in [-0.25, -0.2) is 4.98 Å². The van der Waals surface area contributed by atoms with E-state index in [2.05, 4.69) is 16.9 Å².